The maximum absolute atomic E-state index is 11.1. The van der Waals surface area contributed by atoms with Crippen molar-refractivity contribution in [3.8, 4) is 0 Å². The summed E-state index contributed by atoms with van der Waals surface area (Å²) in [6.07, 6.45) is -0.291. The van der Waals surface area contributed by atoms with Gasteiger partial charge in [-0.25, -0.2) is 0 Å². The molecule has 0 aliphatic rings. The summed E-state index contributed by atoms with van der Waals surface area (Å²) in [4.78, 5) is 0. The van der Waals surface area contributed by atoms with Gasteiger partial charge >= 0.3 is 0 Å². The highest BCUT2D eigenvalue weighted by molar-refractivity contribution is 7.84. The molecule has 0 saturated heterocycles. The topological polar surface area (TPSA) is 35.5 Å². The van der Waals surface area contributed by atoms with Crippen LogP contribution < -0.4 is 0 Å². The Kier molecular flexibility index (Phi) is 7.75. The lowest BCUT2D eigenvalue weighted by molar-refractivity contribution is -0.120. The second-order valence-electron chi connectivity index (χ2n) is 2.24. The number of ether oxygens (including phenoxy) is 2. The van der Waals surface area contributed by atoms with Crippen molar-refractivity contribution in [3.63, 3.8) is 0 Å². The van der Waals surface area contributed by atoms with Gasteiger partial charge in [0, 0.05) is 29.8 Å². The third-order valence-corrected chi connectivity index (χ3v) is 2.64. The van der Waals surface area contributed by atoms with Gasteiger partial charge in [-0.1, -0.05) is 6.92 Å². The van der Waals surface area contributed by atoms with Crippen LogP contribution >= 0.6 is 0 Å². The smallest absolute Gasteiger partial charge is 0.168 e. The van der Waals surface area contributed by atoms with Crippen molar-refractivity contribution in [2.24, 2.45) is 0 Å². The van der Waals surface area contributed by atoms with Gasteiger partial charge in [-0.05, 0) is 13.8 Å². The Hall–Kier alpha value is 0.0700. The minimum atomic E-state index is -0.810. The molecule has 0 radical (unpaired) electrons. The van der Waals surface area contributed by atoms with Crippen LogP contribution in [0, 0.1) is 0 Å². The minimum absolute atomic E-state index is 0.291. The second kappa shape index (κ2) is 7.71. The fourth-order valence-electron chi connectivity index (χ4n) is 0.786. The van der Waals surface area contributed by atoms with Gasteiger partial charge in [0.05, 0.1) is 5.75 Å². The SMILES string of the molecule is CCOC(CS(=O)CC)OCC. The molecule has 0 aromatic rings. The van der Waals surface area contributed by atoms with Crippen molar-refractivity contribution in [2.75, 3.05) is 24.7 Å². The molecule has 0 N–H and O–H groups in total. The lowest BCUT2D eigenvalue weighted by atomic mass is 10.7. The summed E-state index contributed by atoms with van der Waals surface area (Å²) in [5.74, 6) is 1.15. The molecule has 1 atom stereocenters. The van der Waals surface area contributed by atoms with Gasteiger partial charge in [-0.2, -0.15) is 0 Å². The van der Waals surface area contributed by atoms with Crippen molar-refractivity contribution in [1.29, 1.82) is 0 Å². The first-order chi connectivity index (χ1) is 5.74. The number of hydrogen-bond donors (Lipinski definition) is 0. The van der Waals surface area contributed by atoms with Crippen molar-refractivity contribution >= 4 is 10.8 Å². The van der Waals surface area contributed by atoms with Crippen molar-refractivity contribution < 1.29 is 13.7 Å². The van der Waals surface area contributed by atoms with Crippen LogP contribution in [0.2, 0.25) is 0 Å². The zero-order chi connectivity index (χ0) is 9.40. The third kappa shape index (κ3) is 5.69. The first-order valence-corrected chi connectivity index (χ1v) is 5.81. The van der Waals surface area contributed by atoms with Crippen molar-refractivity contribution in [1.82, 2.24) is 0 Å². The van der Waals surface area contributed by atoms with Crippen molar-refractivity contribution in [2.45, 2.75) is 27.1 Å². The molecule has 0 rings (SSSR count). The van der Waals surface area contributed by atoms with E-state index in [0.29, 0.717) is 24.7 Å². The van der Waals surface area contributed by atoms with Gasteiger partial charge in [-0.3, -0.25) is 4.21 Å². The summed E-state index contributed by atoms with van der Waals surface area (Å²) in [5.41, 5.74) is 0. The van der Waals surface area contributed by atoms with E-state index in [1.165, 1.54) is 0 Å². The first-order valence-electron chi connectivity index (χ1n) is 4.32. The van der Waals surface area contributed by atoms with E-state index in [0.717, 1.165) is 0 Å². The highest BCUT2D eigenvalue weighted by Crippen LogP contribution is 1.98. The second-order valence-corrected chi connectivity index (χ2v) is 4.03. The fraction of sp³-hybridized carbons (Fsp3) is 1.00. The number of hydrogen-bond acceptors (Lipinski definition) is 3. The highest BCUT2D eigenvalue weighted by atomic mass is 32.2. The summed E-state index contributed by atoms with van der Waals surface area (Å²) in [6.45, 7) is 6.91. The van der Waals surface area contributed by atoms with Gasteiger partial charge in [-0.15, -0.1) is 0 Å². The lowest BCUT2D eigenvalue weighted by Crippen LogP contribution is -2.25. The average molecular weight is 194 g/mol. The molecule has 0 bridgehead atoms. The van der Waals surface area contributed by atoms with Gasteiger partial charge < -0.3 is 9.47 Å². The first kappa shape index (κ1) is 12.1. The Morgan fingerprint density at radius 2 is 1.67 bits per heavy atom. The van der Waals surface area contributed by atoms with E-state index in [1.807, 2.05) is 20.8 Å². The Bertz CT molecular complexity index is 121. The van der Waals surface area contributed by atoms with Gasteiger partial charge in [0.15, 0.2) is 6.29 Å². The molecule has 0 saturated carbocycles. The maximum atomic E-state index is 11.1. The fourth-order valence-corrected chi connectivity index (χ4v) is 1.52. The molecule has 3 nitrogen and oxygen atoms in total. The maximum Gasteiger partial charge on any atom is 0.168 e. The molecule has 74 valence electrons. The van der Waals surface area contributed by atoms with Crippen LogP contribution in [-0.4, -0.2) is 35.2 Å². The van der Waals surface area contributed by atoms with E-state index in [2.05, 4.69) is 0 Å². The van der Waals surface area contributed by atoms with Gasteiger partial charge in [0.2, 0.25) is 0 Å². The largest absolute Gasteiger partial charge is 0.352 e. The van der Waals surface area contributed by atoms with Gasteiger partial charge in [0.25, 0.3) is 0 Å². The normalized spacial score (nSPS) is 13.7. The van der Waals surface area contributed by atoms with Gasteiger partial charge in [0.1, 0.15) is 0 Å². The summed E-state index contributed by atoms with van der Waals surface area (Å²) in [7, 11) is -0.810. The van der Waals surface area contributed by atoms with E-state index in [1.54, 1.807) is 0 Å². The highest BCUT2D eigenvalue weighted by Gasteiger charge is 2.10. The molecule has 0 aromatic heterocycles. The summed E-state index contributed by atoms with van der Waals surface area (Å²) in [5, 5.41) is 0. The van der Waals surface area contributed by atoms with Crippen LogP contribution in [0.5, 0.6) is 0 Å². The van der Waals surface area contributed by atoms with E-state index in [9.17, 15) is 4.21 Å². The molecule has 0 aliphatic carbocycles. The van der Waals surface area contributed by atoms with Crippen LogP contribution in [0.3, 0.4) is 0 Å². The minimum Gasteiger partial charge on any atom is -0.352 e. The third-order valence-electron chi connectivity index (χ3n) is 1.35. The van der Waals surface area contributed by atoms with Crippen LogP contribution in [0.25, 0.3) is 0 Å². The summed E-state index contributed by atoms with van der Waals surface area (Å²) in [6, 6.07) is 0. The van der Waals surface area contributed by atoms with E-state index in [4.69, 9.17) is 9.47 Å². The molecule has 0 aliphatic heterocycles. The van der Waals surface area contributed by atoms with Crippen LogP contribution in [0.4, 0.5) is 0 Å². The van der Waals surface area contributed by atoms with Crippen LogP contribution in [-0.2, 0) is 20.3 Å². The number of rotatable bonds is 7. The standard InChI is InChI=1S/C8H18O3S/c1-4-10-8(11-5-2)7-12(9)6-3/h8H,4-7H2,1-3H3. The Balaban J connectivity index is 3.68. The average Bonchev–Trinajstić information content (AvgIpc) is 2.05. The molecule has 0 aromatic carbocycles. The van der Waals surface area contributed by atoms with Crippen LogP contribution in [0.1, 0.15) is 20.8 Å². The molecule has 12 heavy (non-hydrogen) atoms. The molecule has 0 amide bonds. The molecule has 0 fully saturated rings. The Labute approximate surface area is 76.9 Å². The predicted octanol–water partition coefficient (Wildman–Crippen LogP) is 1.15. The molecule has 1 unspecified atom stereocenters. The molecular formula is C8H18O3S. The zero-order valence-electron chi connectivity index (χ0n) is 8.04. The summed E-state index contributed by atoms with van der Waals surface area (Å²) < 4.78 is 21.6. The molecule has 4 heteroatoms. The Morgan fingerprint density at radius 3 is 2.00 bits per heavy atom. The molecular weight excluding hydrogens is 176 g/mol. The van der Waals surface area contributed by atoms with E-state index in [-0.39, 0.29) is 6.29 Å². The van der Waals surface area contributed by atoms with Crippen LogP contribution in [0.15, 0.2) is 0 Å². The lowest BCUT2D eigenvalue weighted by Gasteiger charge is -2.15. The molecule has 0 heterocycles. The van der Waals surface area contributed by atoms with E-state index < -0.39 is 10.8 Å². The monoisotopic (exact) mass is 194 g/mol. The zero-order valence-corrected chi connectivity index (χ0v) is 8.86. The quantitative estimate of drug-likeness (QED) is 0.570. The summed E-state index contributed by atoms with van der Waals surface area (Å²) >= 11 is 0. The predicted molar refractivity (Wildman–Crippen MR) is 50.6 cm³/mol. The van der Waals surface area contributed by atoms with Crippen molar-refractivity contribution in [3.05, 3.63) is 0 Å². The Morgan fingerprint density at radius 1 is 1.17 bits per heavy atom. The van der Waals surface area contributed by atoms with E-state index >= 15 is 0 Å². The molecule has 0 spiro atoms.